The van der Waals surface area contributed by atoms with Gasteiger partial charge in [-0.05, 0) is 42.5 Å². The molecule has 0 N–H and O–H groups in total. The normalized spacial score (nSPS) is 19.4. The maximum absolute atomic E-state index is 12.2. The summed E-state index contributed by atoms with van der Waals surface area (Å²) in [6.45, 7) is 0.837. The van der Waals surface area contributed by atoms with Gasteiger partial charge in [-0.3, -0.25) is 4.79 Å². The third kappa shape index (κ3) is 2.63. The minimum Gasteiger partial charge on any atom is -0.465 e. The first-order chi connectivity index (χ1) is 9.34. The molecule has 3 nitrogen and oxygen atoms in total. The molecule has 1 aliphatic rings. The lowest BCUT2D eigenvalue weighted by Crippen LogP contribution is -2.28. The van der Waals surface area contributed by atoms with Crippen molar-refractivity contribution in [1.82, 2.24) is 4.90 Å². The molecule has 0 aromatic carbocycles. The summed E-state index contributed by atoms with van der Waals surface area (Å²) in [6, 6.07) is 8.05. The summed E-state index contributed by atoms with van der Waals surface area (Å²) in [4.78, 5) is 15.5. The van der Waals surface area contributed by atoms with Crippen LogP contribution in [0.2, 0.25) is 0 Å². The minimum atomic E-state index is 0.0623. The number of carbonyl (C=O) groups is 1. The molecule has 1 unspecified atom stereocenters. The zero-order chi connectivity index (χ0) is 13.1. The SMILES string of the molecule is O=C(/C=C/c1ccco1)N1CCCC1c1cccs1. The van der Waals surface area contributed by atoms with E-state index in [1.165, 1.54) is 4.88 Å². The van der Waals surface area contributed by atoms with Gasteiger partial charge < -0.3 is 9.32 Å². The van der Waals surface area contributed by atoms with Gasteiger partial charge in [-0.15, -0.1) is 11.3 Å². The van der Waals surface area contributed by atoms with Crippen molar-refractivity contribution in [2.45, 2.75) is 18.9 Å². The van der Waals surface area contributed by atoms with E-state index in [1.54, 1.807) is 29.8 Å². The Labute approximate surface area is 116 Å². The van der Waals surface area contributed by atoms with E-state index in [-0.39, 0.29) is 11.9 Å². The van der Waals surface area contributed by atoms with Crippen molar-refractivity contribution in [1.29, 1.82) is 0 Å². The van der Waals surface area contributed by atoms with Gasteiger partial charge in [0, 0.05) is 17.5 Å². The average Bonchev–Trinajstić information content (AvgIpc) is 3.14. The van der Waals surface area contributed by atoms with Crippen LogP contribution in [0.15, 0.2) is 46.4 Å². The molecule has 3 heterocycles. The Morgan fingerprint density at radius 2 is 2.37 bits per heavy atom. The molecule has 3 rings (SSSR count). The number of nitrogens with zero attached hydrogens (tertiary/aromatic N) is 1. The Balaban J connectivity index is 1.72. The predicted molar refractivity (Wildman–Crippen MR) is 75.7 cm³/mol. The maximum atomic E-state index is 12.2. The lowest BCUT2D eigenvalue weighted by atomic mass is 10.2. The van der Waals surface area contributed by atoms with Gasteiger partial charge in [-0.1, -0.05) is 6.07 Å². The number of carbonyl (C=O) groups excluding carboxylic acids is 1. The molecule has 4 heteroatoms. The summed E-state index contributed by atoms with van der Waals surface area (Å²) < 4.78 is 5.19. The van der Waals surface area contributed by atoms with Crippen molar-refractivity contribution < 1.29 is 9.21 Å². The number of hydrogen-bond acceptors (Lipinski definition) is 3. The van der Waals surface area contributed by atoms with Crippen molar-refractivity contribution in [2.24, 2.45) is 0 Å². The fourth-order valence-electron chi connectivity index (χ4n) is 2.44. The van der Waals surface area contributed by atoms with Crippen LogP contribution < -0.4 is 0 Å². The van der Waals surface area contributed by atoms with E-state index in [0.29, 0.717) is 5.76 Å². The number of amides is 1. The molecule has 0 bridgehead atoms. The first-order valence-corrected chi connectivity index (χ1v) is 7.28. The Bertz CT molecular complexity index is 557. The predicted octanol–water partition coefficient (Wildman–Crippen LogP) is 3.72. The topological polar surface area (TPSA) is 33.5 Å². The third-order valence-corrected chi connectivity index (χ3v) is 4.31. The Hall–Kier alpha value is -1.81. The molecule has 0 aliphatic carbocycles. The molecule has 1 aliphatic heterocycles. The minimum absolute atomic E-state index is 0.0623. The van der Waals surface area contributed by atoms with Gasteiger partial charge in [0.15, 0.2) is 0 Å². The van der Waals surface area contributed by atoms with Gasteiger partial charge in [-0.25, -0.2) is 0 Å². The molecule has 0 saturated carbocycles. The van der Waals surface area contributed by atoms with Crippen LogP contribution in [0, 0.1) is 0 Å². The highest BCUT2D eigenvalue weighted by molar-refractivity contribution is 7.10. The smallest absolute Gasteiger partial charge is 0.247 e. The van der Waals surface area contributed by atoms with Crippen molar-refractivity contribution in [3.63, 3.8) is 0 Å². The number of rotatable bonds is 3. The van der Waals surface area contributed by atoms with Crippen LogP contribution in [0.4, 0.5) is 0 Å². The highest BCUT2D eigenvalue weighted by atomic mass is 32.1. The third-order valence-electron chi connectivity index (χ3n) is 3.34. The molecule has 98 valence electrons. The van der Waals surface area contributed by atoms with Crippen molar-refractivity contribution in [3.8, 4) is 0 Å². The number of thiophene rings is 1. The van der Waals surface area contributed by atoms with Gasteiger partial charge in [0.05, 0.1) is 12.3 Å². The maximum Gasteiger partial charge on any atom is 0.247 e. The Kier molecular flexibility index (Phi) is 3.51. The Morgan fingerprint density at radius 3 is 3.11 bits per heavy atom. The van der Waals surface area contributed by atoms with E-state index < -0.39 is 0 Å². The fraction of sp³-hybridized carbons (Fsp3) is 0.267. The average molecular weight is 273 g/mol. The summed E-state index contributed by atoms with van der Waals surface area (Å²) in [7, 11) is 0. The summed E-state index contributed by atoms with van der Waals surface area (Å²) in [6.07, 6.45) is 7.06. The van der Waals surface area contributed by atoms with Crippen LogP contribution in [-0.4, -0.2) is 17.4 Å². The highest BCUT2D eigenvalue weighted by Gasteiger charge is 2.29. The number of likely N-dealkylation sites (tertiary alicyclic amines) is 1. The summed E-state index contributed by atoms with van der Waals surface area (Å²) >= 11 is 1.72. The largest absolute Gasteiger partial charge is 0.465 e. The standard InChI is InChI=1S/C15H15NO2S/c17-15(8-7-12-4-2-10-18-12)16-9-1-5-13(16)14-6-3-11-19-14/h2-4,6-8,10-11,13H,1,5,9H2/b8-7+. The van der Waals surface area contributed by atoms with Crippen LogP contribution in [0.25, 0.3) is 6.08 Å². The molecule has 19 heavy (non-hydrogen) atoms. The molecular formula is C15H15NO2S. The van der Waals surface area contributed by atoms with Crippen LogP contribution in [-0.2, 0) is 4.79 Å². The Morgan fingerprint density at radius 1 is 1.42 bits per heavy atom. The molecule has 1 fully saturated rings. The summed E-state index contributed by atoms with van der Waals surface area (Å²) in [5, 5.41) is 2.06. The number of furan rings is 1. The zero-order valence-electron chi connectivity index (χ0n) is 10.5. The van der Waals surface area contributed by atoms with E-state index in [9.17, 15) is 4.79 Å². The van der Waals surface area contributed by atoms with Gasteiger partial charge in [0.1, 0.15) is 5.76 Å². The second kappa shape index (κ2) is 5.45. The molecule has 1 atom stereocenters. The summed E-state index contributed by atoms with van der Waals surface area (Å²) in [5.41, 5.74) is 0. The lowest BCUT2D eigenvalue weighted by molar-refractivity contribution is -0.126. The molecule has 0 radical (unpaired) electrons. The monoisotopic (exact) mass is 273 g/mol. The molecule has 0 spiro atoms. The van der Waals surface area contributed by atoms with Crippen LogP contribution in [0.3, 0.4) is 0 Å². The fourth-order valence-corrected chi connectivity index (χ4v) is 3.32. The van der Waals surface area contributed by atoms with Crippen molar-refractivity contribution in [3.05, 3.63) is 52.6 Å². The number of hydrogen-bond donors (Lipinski definition) is 0. The second-order valence-corrected chi connectivity index (χ2v) is 5.53. The molecule has 2 aromatic rings. The van der Waals surface area contributed by atoms with E-state index in [0.717, 1.165) is 19.4 Å². The van der Waals surface area contributed by atoms with Gasteiger partial charge in [0.2, 0.25) is 5.91 Å². The lowest BCUT2D eigenvalue weighted by Gasteiger charge is -2.22. The summed E-state index contributed by atoms with van der Waals surface area (Å²) in [5.74, 6) is 0.771. The molecule has 1 saturated heterocycles. The highest BCUT2D eigenvalue weighted by Crippen LogP contribution is 2.34. The van der Waals surface area contributed by atoms with Crippen molar-refractivity contribution in [2.75, 3.05) is 6.54 Å². The van der Waals surface area contributed by atoms with Gasteiger partial charge in [0.25, 0.3) is 0 Å². The van der Waals surface area contributed by atoms with E-state index in [2.05, 4.69) is 11.4 Å². The van der Waals surface area contributed by atoms with E-state index >= 15 is 0 Å². The van der Waals surface area contributed by atoms with Crippen LogP contribution >= 0.6 is 11.3 Å². The van der Waals surface area contributed by atoms with E-state index in [1.807, 2.05) is 23.1 Å². The second-order valence-electron chi connectivity index (χ2n) is 4.55. The molecular weight excluding hydrogens is 258 g/mol. The molecule has 2 aromatic heterocycles. The van der Waals surface area contributed by atoms with E-state index in [4.69, 9.17) is 4.42 Å². The van der Waals surface area contributed by atoms with Crippen molar-refractivity contribution >= 4 is 23.3 Å². The van der Waals surface area contributed by atoms with Crippen LogP contribution in [0.1, 0.15) is 29.5 Å². The van der Waals surface area contributed by atoms with Crippen LogP contribution in [0.5, 0.6) is 0 Å². The van der Waals surface area contributed by atoms with Gasteiger partial charge in [-0.2, -0.15) is 0 Å². The quantitative estimate of drug-likeness (QED) is 0.799. The first-order valence-electron chi connectivity index (χ1n) is 6.40. The first kappa shape index (κ1) is 12.2. The zero-order valence-corrected chi connectivity index (χ0v) is 11.3. The molecule has 1 amide bonds. The van der Waals surface area contributed by atoms with Gasteiger partial charge >= 0.3 is 0 Å².